The Morgan fingerprint density at radius 3 is 2.48 bits per heavy atom. The van der Waals surface area contributed by atoms with Crippen LogP contribution in [-0.2, 0) is 12.8 Å². The van der Waals surface area contributed by atoms with Crippen molar-refractivity contribution in [2.24, 2.45) is 0 Å². The summed E-state index contributed by atoms with van der Waals surface area (Å²) in [5.41, 5.74) is 3.96. The van der Waals surface area contributed by atoms with Crippen LogP contribution in [0.25, 0.3) is 5.78 Å². The van der Waals surface area contributed by atoms with Gasteiger partial charge >= 0.3 is 0 Å². The molecule has 0 aliphatic heterocycles. The van der Waals surface area contributed by atoms with E-state index in [-0.39, 0.29) is 11.7 Å². The molecule has 3 rings (SSSR count). The molecule has 2 heterocycles. The van der Waals surface area contributed by atoms with E-state index in [1.54, 1.807) is 10.7 Å². The van der Waals surface area contributed by atoms with Crippen LogP contribution in [0, 0.1) is 6.92 Å². The summed E-state index contributed by atoms with van der Waals surface area (Å²) in [6.45, 7) is 6.04. The molecule has 23 heavy (non-hydrogen) atoms. The van der Waals surface area contributed by atoms with Crippen LogP contribution in [0.2, 0.25) is 0 Å². The Kier molecular flexibility index (Phi) is 4.06. The molecule has 0 saturated carbocycles. The summed E-state index contributed by atoms with van der Waals surface area (Å²) in [5, 5.41) is 7.22. The molecule has 0 spiro atoms. The van der Waals surface area contributed by atoms with Crippen LogP contribution in [0.5, 0.6) is 0 Å². The summed E-state index contributed by atoms with van der Waals surface area (Å²) in [6.07, 6.45) is 3.36. The first-order valence-electron chi connectivity index (χ1n) is 7.74. The third-order valence-electron chi connectivity index (χ3n) is 3.87. The zero-order chi connectivity index (χ0) is 16.4. The molecule has 0 aliphatic rings. The average molecular weight is 309 g/mol. The number of hydrogen-bond acceptors (Lipinski definition) is 4. The highest BCUT2D eigenvalue weighted by Crippen LogP contribution is 2.23. The van der Waals surface area contributed by atoms with Gasteiger partial charge in [-0.2, -0.15) is 4.98 Å². The Morgan fingerprint density at radius 1 is 1.17 bits per heavy atom. The van der Waals surface area contributed by atoms with Gasteiger partial charge in [-0.1, -0.05) is 32.0 Å². The van der Waals surface area contributed by atoms with Gasteiger partial charge in [0.25, 0.3) is 11.7 Å². The van der Waals surface area contributed by atoms with Gasteiger partial charge in [0, 0.05) is 17.6 Å². The van der Waals surface area contributed by atoms with Crippen LogP contribution >= 0.6 is 0 Å². The zero-order valence-electron chi connectivity index (χ0n) is 13.5. The minimum Gasteiger partial charge on any atom is -0.319 e. The first-order valence-corrected chi connectivity index (χ1v) is 7.74. The van der Waals surface area contributed by atoms with Crippen LogP contribution in [0.4, 0.5) is 5.69 Å². The van der Waals surface area contributed by atoms with E-state index in [4.69, 9.17) is 0 Å². The number of carbonyl (C=O) groups is 1. The van der Waals surface area contributed by atoms with Gasteiger partial charge in [-0.3, -0.25) is 4.79 Å². The van der Waals surface area contributed by atoms with E-state index in [0.717, 1.165) is 35.3 Å². The van der Waals surface area contributed by atoms with Gasteiger partial charge in [0.15, 0.2) is 0 Å². The molecule has 1 aromatic carbocycles. The molecule has 2 aromatic heterocycles. The summed E-state index contributed by atoms with van der Waals surface area (Å²) < 4.78 is 1.57. The topological polar surface area (TPSA) is 72.2 Å². The van der Waals surface area contributed by atoms with Gasteiger partial charge in [0.1, 0.15) is 0 Å². The number of fused-ring (bicyclic) bond motifs is 1. The highest BCUT2D eigenvalue weighted by Gasteiger charge is 2.17. The fraction of sp³-hybridized carbons (Fsp3) is 0.294. The number of para-hydroxylation sites is 1. The van der Waals surface area contributed by atoms with E-state index in [2.05, 4.69) is 34.2 Å². The molecule has 0 fully saturated rings. The van der Waals surface area contributed by atoms with Gasteiger partial charge in [0.2, 0.25) is 5.82 Å². The molecule has 6 heteroatoms. The molecule has 118 valence electrons. The predicted molar refractivity (Wildman–Crippen MR) is 88.7 cm³/mol. The van der Waals surface area contributed by atoms with Crippen LogP contribution < -0.4 is 5.32 Å². The summed E-state index contributed by atoms with van der Waals surface area (Å²) in [6, 6.07) is 7.89. The van der Waals surface area contributed by atoms with Gasteiger partial charge in [-0.25, -0.2) is 9.50 Å². The van der Waals surface area contributed by atoms with E-state index in [1.165, 1.54) is 0 Å². The Labute approximate surface area is 134 Å². The van der Waals surface area contributed by atoms with Crippen molar-refractivity contribution >= 4 is 17.4 Å². The molecule has 0 unspecified atom stereocenters. The lowest BCUT2D eigenvalue weighted by Crippen LogP contribution is -2.16. The standard InChI is InChI=1S/C17H19N5O/c1-4-12-7-6-8-13(5-2)14(12)19-16(23)15-20-17-18-10-9-11(3)22(17)21-15/h6-10H,4-5H2,1-3H3,(H,19,23). The summed E-state index contributed by atoms with van der Waals surface area (Å²) in [4.78, 5) is 20.9. The molecule has 6 nitrogen and oxygen atoms in total. The fourth-order valence-corrected chi connectivity index (χ4v) is 2.58. The Balaban J connectivity index is 1.96. The highest BCUT2D eigenvalue weighted by molar-refractivity contribution is 6.02. The first-order chi connectivity index (χ1) is 11.1. The van der Waals surface area contributed by atoms with Crippen molar-refractivity contribution < 1.29 is 4.79 Å². The monoisotopic (exact) mass is 309 g/mol. The number of rotatable bonds is 4. The van der Waals surface area contributed by atoms with E-state index in [0.29, 0.717) is 5.78 Å². The van der Waals surface area contributed by atoms with Crippen molar-refractivity contribution in [3.05, 3.63) is 53.1 Å². The number of hydrogen-bond donors (Lipinski definition) is 1. The normalized spacial score (nSPS) is 10.9. The molecule has 3 aromatic rings. The van der Waals surface area contributed by atoms with E-state index in [1.807, 2.05) is 31.2 Å². The van der Waals surface area contributed by atoms with E-state index >= 15 is 0 Å². The minimum absolute atomic E-state index is 0.125. The largest absolute Gasteiger partial charge is 0.319 e. The van der Waals surface area contributed by atoms with Gasteiger partial charge in [-0.05, 0) is 37.0 Å². The second-order valence-corrected chi connectivity index (χ2v) is 5.35. The Bertz CT molecular complexity index is 846. The van der Waals surface area contributed by atoms with Crippen molar-refractivity contribution in [1.82, 2.24) is 19.6 Å². The molecule has 0 radical (unpaired) electrons. The maximum atomic E-state index is 12.6. The van der Waals surface area contributed by atoms with Crippen LogP contribution in [0.3, 0.4) is 0 Å². The molecule has 0 saturated heterocycles. The lowest BCUT2D eigenvalue weighted by molar-refractivity contribution is 0.101. The van der Waals surface area contributed by atoms with Crippen LogP contribution in [0.15, 0.2) is 30.5 Å². The lowest BCUT2D eigenvalue weighted by Gasteiger charge is -2.13. The number of anilines is 1. The van der Waals surface area contributed by atoms with Crippen LogP contribution in [0.1, 0.15) is 41.3 Å². The molecule has 0 atom stereocenters. The number of amides is 1. The maximum absolute atomic E-state index is 12.6. The SMILES string of the molecule is CCc1cccc(CC)c1NC(=O)c1nc2nccc(C)n2n1. The third kappa shape index (κ3) is 2.79. The van der Waals surface area contributed by atoms with Gasteiger partial charge < -0.3 is 5.32 Å². The number of nitrogens with zero attached hydrogens (tertiary/aromatic N) is 4. The van der Waals surface area contributed by atoms with Crippen molar-refractivity contribution in [2.75, 3.05) is 5.32 Å². The Hall–Kier alpha value is -2.76. The number of benzene rings is 1. The number of aryl methyl sites for hydroxylation is 3. The maximum Gasteiger partial charge on any atom is 0.295 e. The second-order valence-electron chi connectivity index (χ2n) is 5.35. The van der Waals surface area contributed by atoms with E-state index in [9.17, 15) is 4.79 Å². The highest BCUT2D eigenvalue weighted by atomic mass is 16.2. The van der Waals surface area contributed by atoms with Gasteiger partial charge in [0.05, 0.1) is 0 Å². The smallest absolute Gasteiger partial charge is 0.295 e. The first kappa shape index (κ1) is 15.1. The third-order valence-corrected chi connectivity index (χ3v) is 3.87. The van der Waals surface area contributed by atoms with Crippen molar-refractivity contribution in [1.29, 1.82) is 0 Å². The fourth-order valence-electron chi connectivity index (χ4n) is 2.58. The molecular formula is C17H19N5O. The van der Waals surface area contributed by atoms with Gasteiger partial charge in [-0.15, -0.1) is 5.10 Å². The molecule has 1 amide bonds. The molecule has 0 bridgehead atoms. The van der Waals surface area contributed by atoms with Crippen molar-refractivity contribution in [3.63, 3.8) is 0 Å². The van der Waals surface area contributed by atoms with E-state index < -0.39 is 0 Å². The number of nitrogens with one attached hydrogen (secondary N) is 1. The second kappa shape index (κ2) is 6.16. The summed E-state index contributed by atoms with van der Waals surface area (Å²) >= 11 is 0. The zero-order valence-corrected chi connectivity index (χ0v) is 13.5. The average Bonchev–Trinajstić information content (AvgIpc) is 3.01. The van der Waals surface area contributed by atoms with Crippen molar-refractivity contribution in [2.45, 2.75) is 33.6 Å². The van der Waals surface area contributed by atoms with Crippen LogP contribution in [-0.4, -0.2) is 25.5 Å². The predicted octanol–water partition coefficient (Wildman–Crippen LogP) is 2.81. The summed E-state index contributed by atoms with van der Waals surface area (Å²) in [7, 11) is 0. The Morgan fingerprint density at radius 2 is 1.87 bits per heavy atom. The summed E-state index contributed by atoms with van der Waals surface area (Å²) in [5.74, 6) is 0.236. The molecule has 1 N–H and O–H groups in total. The number of aromatic nitrogens is 4. The minimum atomic E-state index is -0.314. The molecular weight excluding hydrogens is 290 g/mol. The molecule has 0 aliphatic carbocycles. The van der Waals surface area contributed by atoms with Crippen molar-refractivity contribution in [3.8, 4) is 0 Å². The number of carbonyl (C=O) groups excluding carboxylic acids is 1. The lowest BCUT2D eigenvalue weighted by atomic mass is 10.0. The quantitative estimate of drug-likeness (QED) is 0.804.